The van der Waals surface area contributed by atoms with Crippen LogP contribution in [0.4, 0.5) is 0 Å². The molecule has 5 unspecified atom stereocenters. The number of fused-ring (bicyclic) bond motifs is 5. The van der Waals surface area contributed by atoms with Gasteiger partial charge in [-0.2, -0.15) is 0 Å². The highest BCUT2D eigenvalue weighted by Crippen LogP contribution is 2.63. The second kappa shape index (κ2) is 5.39. The van der Waals surface area contributed by atoms with Gasteiger partial charge in [0, 0.05) is 0 Å². The molecular formula is C22H32. The van der Waals surface area contributed by atoms with Gasteiger partial charge in [-0.25, -0.2) is 0 Å². The van der Waals surface area contributed by atoms with Crippen molar-refractivity contribution < 1.29 is 0 Å². The molecule has 0 amide bonds. The fourth-order valence-corrected chi connectivity index (χ4v) is 6.64. The van der Waals surface area contributed by atoms with E-state index >= 15 is 0 Å². The summed E-state index contributed by atoms with van der Waals surface area (Å²) in [6, 6.07) is 7.29. The van der Waals surface area contributed by atoms with E-state index in [2.05, 4.69) is 39.0 Å². The number of rotatable bonds is 2. The van der Waals surface area contributed by atoms with Crippen LogP contribution in [0.5, 0.6) is 0 Å². The lowest BCUT2D eigenvalue weighted by atomic mass is 9.54. The zero-order chi connectivity index (χ0) is 15.3. The third kappa shape index (κ3) is 2.09. The fourth-order valence-electron chi connectivity index (χ4n) is 6.64. The maximum absolute atomic E-state index is 2.66. The van der Waals surface area contributed by atoms with Crippen LogP contribution < -0.4 is 0 Å². The monoisotopic (exact) mass is 296 g/mol. The third-order valence-corrected chi connectivity index (χ3v) is 7.72. The summed E-state index contributed by atoms with van der Waals surface area (Å²) in [6.45, 7) is 7.28. The Bertz CT molecular complexity index is 557. The van der Waals surface area contributed by atoms with Gasteiger partial charge in [0.1, 0.15) is 0 Å². The van der Waals surface area contributed by atoms with Gasteiger partial charge in [-0.1, -0.05) is 50.5 Å². The molecule has 0 radical (unpaired) electrons. The second-order valence-electron chi connectivity index (χ2n) is 8.73. The number of aryl methyl sites for hydroxylation is 2. The standard InChI is InChI=1S/C22H32/c1-4-5-17-8-11-21-20-10-7-16-14-15(2)6-9-18(16)19(20)12-13-22(17,21)3/h6,9,14,17,19-21H,4-5,7-8,10-13H2,1-3H3. The average molecular weight is 296 g/mol. The SMILES string of the molecule is CCCC1CCC2C3CCc4cc(C)ccc4C3CCC12C. The van der Waals surface area contributed by atoms with Crippen molar-refractivity contribution in [2.24, 2.45) is 23.2 Å². The Hall–Kier alpha value is -0.780. The third-order valence-electron chi connectivity index (χ3n) is 7.72. The lowest BCUT2D eigenvalue weighted by molar-refractivity contribution is 0.0257. The van der Waals surface area contributed by atoms with Crippen LogP contribution in [0.3, 0.4) is 0 Å². The van der Waals surface area contributed by atoms with Crippen LogP contribution in [0, 0.1) is 30.1 Å². The average Bonchev–Trinajstić information content (AvgIpc) is 2.84. The van der Waals surface area contributed by atoms with Crippen LogP contribution in [0.2, 0.25) is 0 Å². The van der Waals surface area contributed by atoms with E-state index < -0.39 is 0 Å². The molecule has 1 aromatic carbocycles. The van der Waals surface area contributed by atoms with Crippen LogP contribution in [0.25, 0.3) is 0 Å². The van der Waals surface area contributed by atoms with E-state index in [1.165, 1.54) is 56.9 Å². The molecule has 2 fully saturated rings. The molecule has 22 heavy (non-hydrogen) atoms. The first-order valence-corrected chi connectivity index (χ1v) is 9.73. The van der Waals surface area contributed by atoms with Crippen molar-refractivity contribution in [3.8, 4) is 0 Å². The van der Waals surface area contributed by atoms with Gasteiger partial charge in [-0.3, -0.25) is 0 Å². The van der Waals surface area contributed by atoms with Crippen LogP contribution in [0.1, 0.15) is 81.4 Å². The van der Waals surface area contributed by atoms with Crippen LogP contribution in [-0.4, -0.2) is 0 Å². The summed E-state index contributed by atoms with van der Waals surface area (Å²) in [5, 5.41) is 0. The Morgan fingerprint density at radius 3 is 2.82 bits per heavy atom. The summed E-state index contributed by atoms with van der Waals surface area (Å²) < 4.78 is 0. The Kier molecular flexibility index (Phi) is 3.62. The zero-order valence-electron chi connectivity index (χ0n) is 14.7. The van der Waals surface area contributed by atoms with Crippen molar-refractivity contribution in [3.63, 3.8) is 0 Å². The summed E-state index contributed by atoms with van der Waals surface area (Å²) >= 11 is 0. The molecule has 0 aliphatic heterocycles. The van der Waals surface area contributed by atoms with E-state index in [9.17, 15) is 0 Å². The van der Waals surface area contributed by atoms with Gasteiger partial charge in [-0.05, 0) is 85.7 Å². The zero-order valence-corrected chi connectivity index (χ0v) is 14.7. The molecule has 1 aromatic rings. The van der Waals surface area contributed by atoms with Crippen molar-refractivity contribution in [2.75, 3.05) is 0 Å². The van der Waals surface area contributed by atoms with E-state index in [4.69, 9.17) is 0 Å². The van der Waals surface area contributed by atoms with Crippen molar-refractivity contribution in [1.29, 1.82) is 0 Å². The summed E-state index contributed by atoms with van der Waals surface area (Å²) in [7, 11) is 0. The first-order valence-electron chi connectivity index (χ1n) is 9.73. The Morgan fingerprint density at radius 2 is 2.00 bits per heavy atom. The Morgan fingerprint density at radius 1 is 1.14 bits per heavy atom. The van der Waals surface area contributed by atoms with Gasteiger partial charge in [0.25, 0.3) is 0 Å². The van der Waals surface area contributed by atoms with Crippen LogP contribution in [-0.2, 0) is 6.42 Å². The normalized spacial score (nSPS) is 40.0. The predicted molar refractivity (Wildman–Crippen MR) is 94.2 cm³/mol. The fraction of sp³-hybridized carbons (Fsp3) is 0.727. The van der Waals surface area contributed by atoms with Gasteiger partial charge in [-0.15, -0.1) is 0 Å². The molecule has 5 atom stereocenters. The van der Waals surface area contributed by atoms with E-state index in [0.717, 1.165) is 23.7 Å². The van der Waals surface area contributed by atoms with E-state index in [0.29, 0.717) is 5.41 Å². The van der Waals surface area contributed by atoms with Crippen molar-refractivity contribution in [3.05, 3.63) is 34.9 Å². The highest BCUT2D eigenvalue weighted by atomic mass is 14.6. The second-order valence-corrected chi connectivity index (χ2v) is 8.73. The van der Waals surface area contributed by atoms with Crippen molar-refractivity contribution in [2.45, 2.75) is 78.1 Å². The van der Waals surface area contributed by atoms with Crippen LogP contribution >= 0.6 is 0 Å². The van der Waals surface area contributed by atoms with Crippen LogP contribution in [0.15, 0.2) is 18.2 Å². The van der Waals surface area contributed by atoms with Crippen molar-refractivity contribution >= 4 is 0 Å². The van der Waals surface area contributed by atoms with E-state index in [1.54, 1.807) is 11.1 Å². The highest BCUT2D eigenvalue weighted by molar-refractivity contribution is 5.37. The molecule has 0 bridgehead atoms. The van der Waals surface area contributed by atoms with E-state index in [-0.39, 0.29) is 0 Å². The van der Waals surface area contributed by atoms with Gasteiger partial charge in [0.2, 0.25) is 0 Å². The maximum atomic E-state index is 2.66. The molecule has 4 rings (SSSR count). The maximum Gasteiger partial charge on any atom is -0.0128 e. The molecule has 0 nitrogen and oxygen atoms in total. The summed E-state index contributed by atoms with van der Waals surface area (Å²) in [6.07, 6.45) is 11.6. The molecule has 0 heterocycles. The molecule has 2 saturated carbocycles. The van der Waals surface area contributed by atoms with Gasteiger partial charge < -0.3 is 0 Å². The predicted octanol–water partition coefficient (Wildman–Crippen LogP) is 6.27. The molecule has 0 spiro atoms. The number of hydrogen-bond donors (Lipinski definition) is 0. The minimum atomic E-state index is 0.666. The molecule has 0 heteroatoms. The Labute approximate surface area is 136 Å². The summed E-state index contributed by atoms with van der Waals surface area (Å²) in [5.41, 5.74) is 5.51. The van der Waals surface area contributed by atoms with Gasteiger partial charge in [0.05, 0.1) is 0 Å². The van der Waals surface area contributed by atoms with E-state index in [1.807, 2.05) is 0 Å². The first kappa shape index (κ1) is 14.8. The number of hydrogen-bond acceptors (Lipinski definition) is 0. The largest absolute Gasteiger partial charge is 0.0654 e. The lowest BCUT2D eigenvalue weighted by Crippen LogP contribution is -2.42. The molecule has 0 aromatic heterocycles. The molecule has 0 N–H and O–H groups in total. The number of benzene rings is 1. The quantitative estimate of drug-likeness (QED) is 0.603. The summed E-state index contributed by atoms with van der Waals surface area (Å²) in [4.78, 5) is 0. The highest BCUT2D eigenvalue weighted by Gasteiger charge is 2.54. The molecule has 0 saturated heterocycles. The first-order chi connectivity index (χ1) is 10.6. The minimum Gasteiger partial charge on any atom is -0.0654 e. The molecule has 3 aliphatic rings. The topological polar surface area (TPSA) is 0 Å². The smallest absolute Gasteiger partial charge is 0.0128 e. The minimum absolute atomic E-state index is 0.666. The molecular weight excluding hydrogens is 264 g/mol. The van der Waals surface area contributed by atoms with Gasteiger partial charge >= 0.3 is 0 Å². The molecule has 3 aliphatic carbocycles. The van der Waals surface area contributed by atoms with Crippen molar-refractivity contribution in [1.82, 2.24) is 0 Å². The lowest BCUT2D eigenvalue weighted by Gasteiger charge is -2.51. The summed E-state index contributed by atoms with van der Waals surface area (Å²) in [5.74, 6) is 3.89. The Balaban J connectivity index is 1.64. The molecule has 120 valence electrons. The van der Waals surface area contributed by atoms with Gasteiger partial charge in [0.15, 0.2) is 0 Å².